The summed E-state index contributed by atoms with van der Waals surface area (Å²) >= 11 is 0. The summed E-state index contributed by atoms with van der Waals surface area (Å²) in [6.45, 7) is 6.15. The van der Waals surface area contributed by atoms with Gasteiger partial charge in [-0.2, -0.15) is 8.78 Å². The van der Waals surface area contributed by atoms with Gasteiger partial charge in [-0.05, 0) is 37.0 Å². The van der Waals surface area contributed by atoms with E-state index >= 15 is 0 Å². The normalized spacial score (nSPS) is 11.4. The molecule has 8 heteroatoms. The molecule has 0 aromatic heterocycles. The molecule has 3 rings (SSSR count). The number of benzene rings is 3. The third kappa shape index (κ3) is 7.10. The molecule has 188 valence electrons. The fourth-order valence-corrected chi connectivity index (χ4v) is 3.06. The Bertz CT molecular complexity index is 1130. The Labute approximate surface area is 199 Å². The molecule has 1 nitrogen and oxygen atoms in total. The molecule has 0 aliphatic heterocycles. The Balaban J connectivity index is 0.00000137. The van der Waals surface area contributed by atoms with Crippen molar-refractivity contribution in [2.75, 3.05) is 0 Å². The summed E-state index contributed by atoms with van der Waals surface area (Å²) in [6.07, 6.45) is 2.21. The van der Waals surface area contributed by atoms with Gasteiger partial charge in [0.2, 0.25) is 0 Å². The third-order valence-corrected chi connectivity index (χ3v) is 4.70. The Kier molecular flexibility index (Phi) is 9.92. The van der Waals surface area contributed by atoms with Crippen LogP contribution in [0.3, 0.4) is 0 Å². The predicted molar refractivity (Wildman–Crippen MR) is 122 cm³/mol. The van der Waals surface area contributed by atoms with E-state index in [9.17, 15) is 30.7 Å². The van der Waals surface area contributed by atoms with Crippen molar-refractivity contribution in [3.8, 4) is 16.9 Å². The first kappa shape index (κ1) is 28.0. The van der Waals surface area contributed by atoms with Crippen LogP contribution in [0.15, 0.2) is 60.7 Å². The molecule has 0 bridgehead atoms. The minimum Gasteiger partial charge on any atom is -0.429 e. The molecule has 0 fully saturated rings. The highest BCUT2D eigenvalue weighted by molar-refractivity contribution is 5.65. The van der Waals surface area contributed by atoms with E-state index in [0.717, 1.165) is 24.5 Å². The molecule has 0 unspecified atom stereocenters. The van der Waals surface area contributed by atoms with E-state index < -0.39 is 46.5 Å². The fraction of sp³-hybridized carbons (Fsp3) is 0.259. The number of halogens is 7. The van der Waals surface area contributed by atoms with Crippen molar-refractivity contribution in [1.29, 1.82) is 0 Å². The van der Waals surface area contributed by atoms with Gasteiger partial charge in [0.15, 0.2) is 29.1 Å². The van der Waals surface area contributed by atoms with Crippen LogP contribution in [0.2, 0.25) is 0 Å². The number of hydrogen-bond donors (Lipinski definition) is 0. The number of hydrogen-bond acceptors (Lipinski definition) is 1. The molecule has 3 aromatic carbocycles. The van der Waals surface area contributed by atoms with E-state index in [4.69, 9.17) is 0 Å². The second-order valence-electron chi connectivity index (χ2n) is 7.62. The highest BCUT2D eigenvalue weighted by Gasteiger charge is 2.39. The van der Waals surface area contributed by atoms with E-state index in [1.165, 1.54) is 6.42 Å². The van der Waals surface area contributed by atoms with Gasteiger partial charge in [0.05, 0.1) is 0 Å². The second-order valence-corrected chi connectivity index (χ2v) is 7.62. The lowest BCUT2D eigenvalue weighted by Gasteiger charge is -2.20. The number of ether oxygens (including phenoxy) is 1. The zero-order valence-corrected chi connectivity index (χ0v) is 19.4. The minimum atomic E-state index is -4.49. The van der Waals surface area contributed by atoms with Crippen molar-refractivity contribution >= 4 is 0 Å². The Hall–Kier alpha value is -3.29. The topological polar surface area (TPSA) is 9.23 Å². The van der Waals surface area contributed by atoms with Crippen LogP contribution in [0.25, 0.3) is 11.1 Å². The van der Waals surface area contributed by atoms with Gasteiger partial charge < -0.3 is 4.74 Å². The van der Waals surface area contributed by atoms with Crippen LogP contribution in [0, 0.1) is 29.1 Å². The van der Waals surface area contributed by atoms with Gasteiger partial charge in [0, 0.05) is 17.7 Å². The monoisotopic (exact) mass is 498 g/mol. The van der Waals surface area contributed by atoms with Gasteiger partial charge in [-0.25, -0.2) is 22.0 Å². The number of alkyl halides is 2. The maximum Gasteiger partial charge on any atom is 0.429 e. The van der Waals surface area contributed by atoms with E-state index in [0.29, 0.717) is 6.07 Å². The molecule has 0 radical (unpaired) electrons. The highest BCUT2D eigenvalue weighted by Crippen LogP contribution is 2.37. The molecule has 0 spiro atoms. The molecule has 0 N–H and O–H groups in total. The van der Waals surface area contributed by atoms with Crippen molar-refractivity contribution in [3.05, 3.63) is 101 Å². The largest absolute Gasteiger partial charge is 0.429 e. The summed E-state index contributed by atoms with van der Waals surface area (Å²) in [7, 11) is 0. The first-order chi connectivity index (χ1) is 16.5. The maximum atomic E-state index is 14.6. The molecule has 3 aromatic rings. The van der Waals surface area contributed by atoms with Gasteiger partial charge in [0.25, 0.3) is 0 Å². The lowest BCUT2D eigenvalue weighted by Crippen LogP contribution is -2.24. The van der Waals surface area contributed by atoms with Gasteiger partial charge in [-0.15, -0.1) is 0 Å². The zero-order valence-electron chi connectivity index (χ0n) is 19.4. The second kappa shape index (κ2) is 12.4. The lowest BCUT2D eigenvalue weighted by atomic mass is 9.99. The number of aryl methyl sites for hydroxylation is 1. The fourth-order valence-electron chi connectivity index (χ4n) is 3.06. The van der Waals surface area contributed by atoms with Crippen LogP contribution >= 0.6 is 0 Å². The first-order valence-corrected chi connectivity index (χ1v) is 11.0. The van der Waals surface area contributed by atoms with Crippen molar-refractivity contribution in [2.24, 2.45) is 0 Å². The molecule has 0 saturated heterocycles. The van der Waals surface area contributed by atoms with Crippen molar-refractivity contribution in [3.63, 3.8) is 0 Å². The maximum absolute atomic E-state index is 14.6. The quantitative estimate of drug-likeness (QED) is 0.179. The standard InChI is InChI=1S/C24H17F7O.C3H8/c1-2-3-4-5-14-6-8-15(9-7-14)17-10-11-18(22(28)21(17)27)24(30,31)32-16-12-19(25)23(29)20(26)13-16;1-3-2/h2-3,6-13H,4-5H2,1H3;3H2,1-2H3/b3-2+;. The van der Waals surface area contributed by atoms with Crippen LogP contribution < -0.4 is 4.74 Å². The average molecular weight is 498 g/mol. The van der Waals surface area contributed by atoms with Gasteiger partial charge in [0.1, 0.15) is 11.3 Å². The third-order valence-electron chi connectivity index (χ3n) is 4.70. The lowest BCUT2D eigenvalue weighted by molar-refractivity contribution is -0.187. The number of allylic oxidation sites excluding steroid dienone is 2. The summed E-state index contributed by atoms with van der Waals surface area (Å²) in [4.78, 5) is 0. The summed E-state index contributed by atoms with van der Waals surface area (Å²) in [5.41, 5.74) is -0.495. The smallest absolute Gasteiger partial charge is 0.429 e. The van der Waals surface area contributed by atoms with E-state index in [2.05, 4.69) is 18.6 Å². The highest BCUT2D eigenvalue weighted by atomic mass is 19.3. The van der Waals surface area contributed by atoms with Crippen LogP contribution in [-0.2, 0) is 12.5 Å². The van der Waals surface area contributed by atoms with E-state index in [-0.39, 0.29) is 23.3 Å². The van der Waals surface area contributed by atoms with Gasteiger partial charge >= 0.3 is 6.11 Å². The number of rotatable bonds is 7. The van der Waals surface area contributed by atoms with Crippen LogP contribution in [-0.4, -0.2) is 0 Å². The summed E-state index contributed by atoms with van der Waals surface area (Å²) in [6, 6.07) is 8.44. The van der Waals surface area contributed by atoms with Crippen molar-refractivity contribution in [2.45, 2.75) is 46.1 Å². The Morgan fingerprint density at radius 2 is 1.37 bits per heavy atom. The molecular weight excluding hydrogens is 473 g/mol. The van der Waals surface area contributed by atoms with Gasteiger partial charge in [-0.1, -0.05) is 62.8 Å². The zero-order chi connectivity index (χ0) is 26.2. The summed E-state index contributed by atoms with van der Waals surface area (Å²) < 4.78 is 102. The molecule has 0 aliphatic rings. The summed E-state index contributed by atoms with van der Waals surface area (Å²) in [5.74, 6) is -9.94. The van der Waals surface area contributed by atoms with E-state index in [1.54, 1.807) is 24.3 Å². The Morgan fingerprint density at radius 3 is 1.91 bits per heavy atom. The van der Waals surface area contributed by atoms with Gasteiger partial charge in [-0.3, -0.25) is 0 Å². The van der Waals surface area contributed by atoms with Crippen LogP contribution in [0.5, 0.6) is 5.75 Å². The molecule has 0 saturated carbocycles. The minimum absolute atomic E-state index is 0.173. The molecule has 0 heterocycles. The summed E-state index contributed by atoms with van der Waals surface area (Å²) in [5, 5.41) is 0. The van der Waals surface area contributed by atoms with E-state index in [1.807, 2.05) is 19.1 Å². The molecule has 0 atom stereocenters. The average Bonchev–Trinajstić information content (AvgIpc) is 2.80. The Morgan fingerprint density at radius 1 is 0.800 bits per heavy atom. The van der Waals surface area contributed by atoms with Crippen molar-refractivity contribution in [1.82, 2.24) is 0 Å². The predicted octanol–water partition coefficient (Wildman–Crippen LogP) is 9.10. The molecule has 35 heavy (non-hydrogen) atoms. The molecule has 0 amide bonds. The molecular formula is C27H25F7O. The van der Waals surface area contributed by atoms with Crippen LogP contribution in [0.4, 0.5) is 30.7 Å². The molecule has 0 aliphatic carbocycles. The SMILES string of the molecule is C/C=C/CCc1ccc(-c2ccc(C(F)(F)Oc3cc(F)c(F)c(F)c3)c(F)c2F)cc1.CCC. The van der Waals surface area contributed by atoms with Crippen molar-refractivity contribution < 1.29 is 35.5 Å². The first-order valence-electron chi connectivity index (χ1n) is 11.0. The van der Waals surface area contributed by atoms with Crippen LogP contribution in [0.1, 0.15) is 44.7 Å².